The van der Waals surface area contributed by atoms with E-state index in [2.05, 4.69) is 26.2 Å². The van der Waals surface area contributed by atoms with E-state index in [1.165, 1.54) is 17.4 Å². The lowest BCUT2D eigenvalue weighted by molar-refractivity contribution is -0.124. The molecule has 1 atom stereocenters. The summed E-state index contributed by atoms with van der Waals surface area (Å²) in [5.74, 6) is -0.824. The fourth-order valence-electron chi connectivity index (χ4n) is 3.04. The standard InChI is InChI=1S/C20H18BrFN2OS/c1-20(2,18(25)24-19-23-10-11-26-19)17(13-6-4-3-5-7-13)14-8-9-15(21)16(22)12-14/h3-12,17H,1-2H3,(H,23,24,25). The average Bonchev–Trinajstić information content (AvgIpc) is 3.12. The first-order valence-corrected chi connectivity index (χ1v) is 9.77. The number of carbonyl (C=O) groups excluding carboxylic acids is 1. The van der Waals surface area contributed by atoms with Gasteiger partial charge in [-0.15, -0.1) is 11.3 Å². The van der Waals surface area contributed by atoms with E-state index in [-0.39, 0.29) is 17.6 Å². The molecule has 1 amide bonds. The summed E-state index contributed by atoms with van der Waals surface area (Å²) < 4.78 is 14.6. The molecular weight excluding hydrogens is 415 g/mol. The lowest BCUT2D eigenvalue weighted by atomic mass is 9.70. The van der Waals surface area contributed by atoms with E-state index < -0.39 is 5.41 Å². The summed E-state index contributed by atoms with van der Waals surface area (Å²) in [7, 11) is 0. The number of nitrogens with one attached hydrogen (secondary N) is 1. The monoisotopic (exact) mass is 432 g/mol. The van der Waals surface area contributed by atoms with Crippen LogP contribution in [0.2, 0.25) is 0 Å². The van der Waals surface area contributed by atoms with Gasteiger partial charge in [-0.25, -0.2) is 9.37 Å². The summed E-state index contributed by atoms with van der Waals surface area (Å²) in [5, 5.41) is 5.23. The first kappa shape index (κ1) is 18.7. The number of thiazole rings is 1. The van der Waals surface area contributed by atoms with Gasteiger partial charge in [0.2, 0.25) is 5.91 Å². The third-order valence-corrected chi connectivity index (χ3v) is 5.70. The Labute approximate surface area is 164 Å². The van der Waals surface area contributed by atoms with Crippen LogP contribution in [0, 0.1) is 11.2 Å². The Bertz CT molecular complexity index is 897. The second kappa shape index (κ2) is 7.68. The number of rotatable bonds is 5. The molecule has 0 aliphatic carbocycles. The van der Waals surface area contributed by atoms with Crippen molar-refractivity contribution < 1.29 is 9.18 Å². The molecule has 0 radical (unpaired) electrons. The molecule has 26 heavy (non-hydrogen) atoms. The van der Waals surface area contributed by atoms with Gasteiger partial charge in [-0.05, 0) is 39.2 Å². The zero-order chi connectivity index (χ0) is 18.7. The molecule has 3 nitrogen and oxygen atoms in total. The van der Waals surface area contributed by atoms with E-state index in [0.717, 1.165) is 11.1 Å². The first-order chi connectivity index (χ1) is 12.4. The van der Waals surface area contributed by atoms with Gasteiger partial charge in [-0.1, -0.05) is 50.2 Å². The van der Waals surface area contributed by atoms with Crippen LogP contribution < -0.4 is 5.32 Å². The molecule has 0 aliphatic heterocycles. The molecule has 1 heterocycles. The summed E-state index contributed by atoms with van der Waals surface area (Å²) in [6, 6.07) is 14.7. The highest BCUT2D eigenvalue weighted by Gasteiger charge is 2.39. The van der Waals surface area contributed by atoms with Crippen LogP contribution in [-0.2, 0) is 4.79 Å². The van der Waals surface area contributed by atoms with Crippen LogP contribution in [0.3, 0.4) is 0 Å². The van der Waals surface area contributed by atoms with Crippen LogP contribution in [0.15, 0.2) is 64.6 Å². The zero-order valence-corrected chi connectivity index (χ0v) is 16.8. The van der Waals surface area contributed by atoms with E-state index in [4.69, 9.17) is 0 Å². The molecule has 1 unspecified atom stereocenters. The predicted molar refractivity (Wildman–Crippen MR) is 107 cm³/mol. The number of amides is 1. The number of halogens is 2. The molecule has 1 aromatic heterocycles. The summed E-state index contributed by atoms with van der Waals surface area (Å²) in [6.45, 7) is 3.74. The van der Waals surface area contributed by atoms with Gasteiger partial charge in [0.15, 0.2) is 5.13 Å². The molecule has 2 aromatic carbocycles. The molecule has 0 fully saturated rings. The van der Waals surface area contributed by atoms with Gasteiger partial charge in [0.25, 0.3) is 0 Å². The highest BCUT2D eigenvalue weighted by Crippen LogP contribution is 2.42. The van der Waals surface area contributed by atoms with Gasteiger partial charge in [0.1, 0.15) is 5.82 Å². The Kier molecular flexibility index (Phi) is 5.53. The number of hydrogen-bond acceptors (Lipinski definition) is 3. The minimum absolute atomic E-state index is 0.162. The van der Waals surface area contributed by atoms with E-state index in [1.54, 1.807) is 17.6 Å². The van der Waals surface area contributed by atoms with Crippen molar-refractivity contribution in [1.82, 2.24) is 4.98 Å². The molecule has 3 aromatic rings. The van der Waals surface area contributed by atoms with Gasteiger partial charge in [0.05, 0.1) is 9.89 Å². The maximum atomic E-state index is 14.2. The van der Waals surface area contributed by atoms with Crippen molar-refractivity contribution in [2.75, 3.05) is 5.32 Å². The quantitative estimate of drug-likeness (QED) is 0.549. The van der Waals surface area contributed by atoms with Gasteiger partial charge < -0.3 is 5.32 Å². The van der Waals surface area contributed by atoms with Crippen molar-refractivity contribution in [3.05, 3.63) is 81.5 Å². The Morgan fingerprint density at radius 2 is 1.92 bits per heavy atom. The first-order valence-electron chi connectivity index (χ1n) is 8.10. The normalized spacial score (nSPS) is 12.6. The largest absolute Gasteiger partial charge is 0.301 e. The third-order valence-electron chi connectivity index (χ3n) is 4.37. The van der Waals surface area contributed by atoms with Crippen LogP contribution >= 0.6 is 27.3 Å². The fraction of sp³-hybridized carbons (Fsp3) is 0.200. The molecule has 0 saturated heterocycles. The number of carbonyl (C=O) groups is 1. The van der Waals surface area contributed by atoms with Gasteiger partial charge >= 0.3 is 0 Å². The molecule has 0 bridgehead atoms. The maximum absolute atomic E-state index is 14.2. The maximum Gasteiger partial charge on any atom is 0.232 e. The van der Waals surface area contributed by atoms with Crippen LogP contribution in [0.1, 0.15) is 30.9 Å². The fourth-order valence-corrected chi connectivity index (χ4v) is 3.81. The topological polar surface area (TPSA) is 42.0 Å². The Hall–Kier alpha value is -2.05. The second-order valence-corrected chi connectivity index (χ2v) is 8.28. The number of anilines is 1. The Morgan fingerprint density at radius 3 is 2.54 bits per heavy atom. The van der Waals surface area contributed by atoms with Crippen molar-refractivity contribution in [1.29, 1.82) is 0 Å². The lowest BCUT2D eigenvalue weighted by Crippen LogP contribution is -2.37. The SMILES string of the molecule is CC(C)(C(=O)Nc1nccs1)C(c1ccccc1)c1ccc(Br)c(F)c1. The number of aromatic nitrogens is 1. The molecule has 134 valence electrons. The molecule has 3 rings (SSSR count). The van der Waals surface area contributed by atoms with E-state index in [9.17, 15) is 9.18 Å². The van der Waals surface area contributed by atoms with Crippen molar-refractivity contribution >= 4 is 38.3 Å². The van der Waals surface area contributed by atoms with E-state index in [0.29, 0.717) is 9.60 Å². The predicted octanol–water partition coefficient (Wildman–Crippen LogP) is 5.84. The van der Waals surface area contributed by atoms with Crippen molar-refractivity contribution in [3.8, 4) is 0 Å². The average molecular weight is 433 g/mol. The van der Waals surface area contributed by atoms with Gasteiger partial charge in [-0.3, -0.25) is 4.79 Å². The third kappa shape index (κ3) is 3.86. The molecular formula is C20H18BrFN2OS. The molecule has 0 saturated carbocycles. The molecule has 6 heteroatoms. The summed E-state index contributed by atoms with van der Waals surface area (Å²) in [4.78, 5) is 17.1. The van der Waals surface area contributed by atoms with Crippen LogP contribution in [0.4, 0.5) is 9.52 Å². The molecule has 1 N–H and O–H groups in total. The number of hydrogen-bond donors (Lipinski definition) is 1. The lowest BCUT2D eigenvalue weighted by Gasteiger charge is -2.34. The highest BCUT2D eigenvalue weighted by molar-refractivity contribution is 9.10. The van der Waals surface area contributed by atoms with Crippen LogP contribution in [-0.4, -0.2) is 10.9 Å². The van der Waals surface area contributed by atoms with Crippen LogP contribution in [0.5, 0.6) is 0 Å². The summed E-state index contributed by atoms with van der Waals surface area (Å²) in [6.07, 6.45) is 1.64. The molecule has 0 spiro atoms. The number of nitrogens with zero attached hydrogens (tertiary/aromatic N) is 1. The van der Waals surface area contributed by atoms with Gasteiger partial charge in [0, 0.05) is 17.5 Å². The smallest absolute Gasteiger partial charge is 0.232 e. The van der Waals surface area contributed by atoms with Crippen molar-refractivity contribution in [2.45, 2.75) is 19.8 Å². The minimum Gasteiger partial charge on any atom is -0.301 e. The van der Waals surface area contributed by atoms with Crippen LogP contribution in [0.25, 0.3) is 0 Å². The Morgan fingerprint density at radius 1 is 1.19 bits per heavy atom. The van der Waals surface area contributed by atoms with E-state index >= 15 is 0 Å². The Balaban J connectivity index is 2.04. The summed E-state index contributed by atoms with van der Waals surface area (Å²) >= 11 is 4.56. The van der Waals surface area contributed by atoms with Gasteiger partial charge in [-0.2, -0.15) is 0 Å². The number of benzene rings is 2. The zero-order valence-electron chi connectivity index (χ0n) is 14.4. The highest BCUT2D eigenvalue weighted by atomic mass is 79.9. The van der Waals surface area contributed by atoms with Crippen molar-refractivity contribution in [3.63, 3.8) is 0 Å². The van der Waals surface area contributed by atoms with E-state index in [1.807, 2.05) is 50.2 Å². The summed E-state index contributed by atoms with van der Waals surface area (Å²) in [5.41, 5.74) is 0.873. The molecule has 0 aliphatic rings. The second-order valence-electron chi connectivity index (χ2n) is 6.53. The minimum atomic E-state index is -0.826. The van der Waals surface area contributed by atoms with Crippen molar-refractivity contribution in [2.24, 2.45) is 5.41 Å².